The van der Waals surface area contributed by atoms with E-state index >= 15 is 0 Å². The first-order chi connectivity index (χ1) is 11.6. The molecule has 1 atom stereocenters. The van der Waals surface area contributed by atoms with E-state index in [0.29, 0.717) is 18.2 Å². The highest BCUT2D eigenvalue weighted by molar-refractivity contribution is 5.93. The minimum absolute atomic E-state index is 0.170. The Morgan fingerprint density at radius 1 is 1.38 bits per heavy atom. The summed E-state index contributed by atoms with van der Waals surface area (Å²) in [5, 5.41) is 8.74. The van der Waals surface area contributed by atoms with Crippen molar-refractivity contribution in [3.63, 3.8) is 0 Å². The smallest absolute Gasteiger partial charge is 0.274 e. The van der Waals surface area contributed by atoms with Gasteiger partial charge in [-0.15, -0.1) is 0 Å². The van der Waals surface area contributed by atoms with Gasteiger partial charge in [0.25, 0.3) is 5.91 Å². The normalized spacial score (nSPS) is 25.8. The summed E-state index contributed by atoms with van der Waals surface area (Å²) in [6.07, 6.45) is 5.59. The fourth-order valence-electron chi connectivity index (χ4n) is 4.66. The lowest BCUT2D eigenvalue weighted by Gasteiger charge is -2.54. The molecule has 1 saturated carbocycles. The summed E-state index contributed by atoms with van der Waals surface area (Å²) in [6.45, 7) is 3.13. The van der Waals surface area contributed by atoms with Crippen LogP contribution in [-0.2, 0) is 17.7 Å². The fraction of sp³-hybridized carbons (Fsp3) is 0.611. The Hall–Kier alpha value is -1.50. The standard InChI is InChI=1S/C18H23FN2O3/c19-15-8-13(17(22)20-23)7-12-4-6-21(9-14(12)15)16-3-1-2-5-18(16)10-24-11-18/h7-8,16,23H,1-6,9-11H2,(H,20,22)/t16-/m0/s1. The minimum Gasteiger partial charge on any atom is -0.380 e. The molecule has 1 spiro atoms. The van der Waals surface area contributed by atoms with E-state index in [1.165, 1.54) is 25.3 Å². The van der Waals surface area contributed by atoms with Crippen molar-refractivity contribution in [2.75, 3.05) is 19.8 Å². The molecule has 1 amide bonds. The molecule has 1 aromatic rings. The summed E-state index contributed by atoms with van der Waals surface area (Å²) in [4.78, 5) is 14.0. The second-order valence-corrected chi connectivity index (χ2v) is 7.37. The monoisotopic (exact) mass is 334 g/mol. The maximum Gasteiger partial charge on any atom is 0.274 e. The Morgan fingerprint density at radius 3 is 2.92 bits per heavy atom. The molecule has 5 nitrogen and oxygen atoms in total. The molecule has 130 valence electrons. The van der Waals surface area contributed by atoms with E-state index in [1.54, 1.807) is 11.5 Å². The molecule has 0 aromatic heterocycles. The summed E-state index contributed by atoms with van der Waals surface area (Å²) in [5.74, 6) is -1.03. The number of hydrogen-bond acceptors (Lipinski definition) is 4. The number of ether oxygens (including phenoxy) is 1. The number of amides is 1. The van der Waals surface area contributed by atoms with Crippen LogP contribution in [0.15, 0.2) is 12.1 Å². The van der Waals surface area contributed by atoms with Gasteiger partial charge in [0.1, 0.15) is 5.82 Å². The van der Waals surface area contributed by atoms with Crippen LogP contribution < -0.4 is 5.48 Å². The van der Waals surface area contributed by atoms with Crippen LogP contribution in [0.5, 0.6) is 0 Å². The lowest BCUT2D eigenvalue weighted by atomic mass is 9.68. The Labute approximate surface area is 140 Å². The van der Waals surface area contributed by atoms with E-state index in [2.05, 4.69) is 4.90 Å². The third-order valence-electron chi connectivity index (χ3n) is 6.01. The Morgan fingerprint density at radius 2 is 2.21 bits per heavy atom. The first-order valence-electron chi connectivity index (χ1n) is 8.70. The molecule has 0 bridgehead atoms. The number of nitrogens with one attached hydrogen (secondary N) is 1. The number of fused-ring (bicyclic) bond motifs is 1. The van der Waals surface area contributed by atoms with Gasteiger partial charge < -0.3 is 4.74 Å². The van der Waals surface area contributed by atoms with E-state index in [1.807, 2.05) is 0 Å². The van der Waals surface area contributed by atoms with Crippen molar-refractivity contribution < 1.29 is 19.1 Å². The number of carbonyl (C=O) groups is 1. The number of carbonyl (C=O) groups excluding carboxylic acids is 1. The molecule has 0 radical (unpaired) electrons. The third-order valence-corrected chi connectivity index (χ3v) is 6.01. The Bertz CT molecular complexity index is 660. The second-order valence-electron chi connectivity index (χ2n) is 7.37. The summed E-state index contributed by atoms with van der Waals surface area (Å²) >= 11 is 0. The molecule has 4 rings (SSSR count). The van der Waals surface area contributed by atoms with Gasteiger partial charge in [-0.25, -0.2) is 9.87 Å². The van der Waals surface area contributed by atoms with Crippen LogP contribution >= 0.6 is 0 Å². The van der Waals surface area contributed by atoms with Gasteiger partial charge in [0.05, 0.1) is 13.2 Å². The van der Waals surface area contributed by atoms with Gasteiger partial charge in [-0.2, -0.15) is 0 Å². The van der Waals surface area contributed by atoms with Gasteiger partial charge in [-0.1, -0.05) is 12.8 Å². The maximum absolute atomic E-state index is 14.5. The molecular formula is C18H23FN2O3. The average molecular weight is 334 g/mol. The largest absolute Gasteiger partial charge is 0.380 e. The van der Waals surface area contributed by atoms with Gasteiger partial charge in [-0.3, -0.25) is 14.9 Å². The topological polar surface area (TPSA) is 61.8 Å². The molecule has 0 unspecified atom stereocenters. The van der Waals surface area contributed by atoms with Gasteiger partial charge in [0.15, 0.2) is 0 Å². The van der Waals surface area contributed by atoms with Crippen molar-refractivity contribution in [3.8, 4) is 0 Å². The van der Waals surface area contributed by atoms with Crippen LogP contribution in [0, 0.1) is 11.2 Å². The van der Waals surface area contributed by atoms with E-state index in [4.69, 9.17) is 9.94 Å². The first-order valence-corrected chi connectivity index (χ1v) is 8.70. The summed E-state index contributed by atoms with van der Waals surface area (Å²) in [6, 6.07) is 3.38. The lowest BCUT2D eigenvalue weighted by Crippen LogP contribution is -2.60. The second kappa shape index (κ2) is 6.10. The van der Waals surface area contributed by atoms with Gasteiger partial charge in [0, 0.05) is 35.7 Å². The van der Waals surface area contributed by atoms with Crippen LogP contribution in [-0.4, -0.2) is 41.8 Å². The SMILES string of the molecule is O=C(NO)c1cc(F)c2c(c1)CCN([C@H]1CCCCC13COC3)C2. The van der Waals surface area contributed by atoms with E-state index in [9.17, 15) is 9.18 Å². The number of hydroxylamine groups is 1. The lowest BCUT2D eigenvalue weighted by molar-refractivity contribution is -0.172. The molecular weight excluding hydrogens is 311 g/mol. The molecule has 6 heteroatoms. The summed E-state index contributed by atoms with van der Waals surface area (Å²) in [7, 11) is 0. The fourth-order valence-corrected chi connectivity index (χ4v) is 4.66. The molecule has 1 aliphatic carbocycles. The third kappa shape index (κ3) is 2.53. The highest BCUT2D eigenvalue weighted by Crippen LogP contribution is 2.46. The first kappa shape index (κ1) is 16.0. The molecule has 3 aliphatic rings. The highest BCUT2D eigenvalue weighted by atomic mass is 19.1. The van der Waals surface area contributed by atoms with Gasteiger partial charge in [-0.05, 0) is 37.0 Å². The zero-order chi connectivity index (χ0) is 16.7. The molecule has 2 N–H and O–H groups in total. The predicted octanol–water partition coefficient (Wildman–Crippen LogP) is 2.26. The number of nitrogens with zero attached hydrogens (tertiary/aromatic N) is 1. The summed E-state index contributed by atoms with van der Waals surface area (Å²) < 4.78 is 20.1. The molecule has 1 aromatic carbocycles. The number of rotatable bonds is 2. The number of hydrogen-bond donors (Lipinski definition) is 2. The maximum atomic E-state index is 14.5. The van der Waals surface area contributed by atoms with Crippen LogP contribution in [0.25, 0.3) is 0 Å². The van der Waals surface area contributed by atoms with E-state index in [0.717, 1.165) is 38.2 Å². The zero-order valence-corrected chi connectivity index (χ0v) is 13.7. The molecule has 2 fully saturated rings. The quantitative estimate of drug-likeness (QED) is 0.643. The van der Waals surface area contributed by atoms with E-state index in [-0.39, 0.29) is 16.8 Å². The van der Waals surface area contributed by atoms with Crippen LogP contribution in [0.3, 0.4) is 0 Å². The van der Waals surface area contributed by atoms with E-state index < -0.39 is 5.91 Å². The van der Waals surface area contributed by atoms with Gasteiger partial charge >= 0.3 is 0 Å². The number of benzene rings is 1. The van der Waals surface area contributed by atoms with Crippen molar-refractivity contribution in [2.24, 2.45) is 5.41 Å². The molecule has 24 heavy (non-hydrogen) atoms. The average Bonchev–Trinajstić information content (AvgIpc) is 2.59. The van der Waals surface area contributed by atoms with Crippen molar-refractivity contribution in [2.45, 2.75) is 44.7 Å². The predicted molar refractivity (Wildman–Crippen MR) is 85.3 cm³/mol. The Kier molecular flexibility index (Phi) is 4.06. The van der Waals surface area contributed by atoms with Crippen LogP contribution in [0.1, 0.15) is 47.2 Å². The number of halogens is 1. The zero-order valence-electron chi connectivity index (χ0n) is 13.7. The highest BCUT2D eigenvalue weighted by Gasteiger charge is 2.49. The molecule has 2 heterocycles. The van der Waals surface area contributed by atoms with Crippen LogP contribution in [0.4, 0.5) is 4.39 Å². The van der Waals surface area contributed by atoms with Crippen molar-refractivity contribution >= 4 is 5.91 Å². The molecule has 2 aliphatic heterocycles. The molecule has 1 saturated heterocycles. The van der Waals surface area contributed by atoms with Crippen LogP contribution in [0.2, 0.25) is 0 Å². The van der Waals surface area contributed by atoms with Crippen molar-refractivity contribution in [3.05, 3.63) is 34.6 Å². The van der Waals surface area contributed by atoms with Crippen molar-refractivity contribution in [1.82, 2.24) is 10.4 Å². The Balaban J connectivity index is 1.58. The summed E-state index contributed by atoms with van der Waals surface area (Å²) in [5.41, 5.74) is 3.57. The minimum atomic E-state index is -0.669. The van der Waals surface area contributed by atoms with Gasteiger partial charge in [0.2, 0.25) is 0 Å². The van der Waals surface area contributed by atoms with Crippen molar-refractivity contribution in [1.29, 1.82) is 0 Å².